The summed E-state index contributed by atoms with van der Waals surface area (Å²) in [6.45, 7) is 4.51. The van der Waals surface area contributed by atoms with E-state index in [9.17, 15) is 0 Å². The Balaban J connectivity index is 1.57. The van der Waals surface area contributed by atoms with Crippen molar-refractivity contribution in [3.05, 3.63) is 35.9 Å². The Hall–Kier alpha value is -1.57. The van der Waals surface area contributed by atoms with Crippen molar-refractivity contribution in [2.75, 3.05) is 5.32 Å². The fraction of sp³-hybridized carbons (Fsp3) is 0.526. The van der Waals surface area contributed by atoms with Gasteiger partial charge in [-0.05, 0) is 68.6 Å². The number of fused-ring (bicyclic) bond motifs is 3. The van der Waals surface area contributed by atoms with Gasteiger partial charge in [-0.15, -0.1) is 0 Å². The molecule has 0 amide bonds. The number of aromatic nitrogens is 1. The van der Waals surface area contributed by atoms with Gasteiger partial charge in [0.1, 0.15) is 5.82 Å². The molecule has 0 spiro atoms. The second-order valence-electron chi connectivity index (χ2n) is 7.12. The monoisotopic (exact) mass is 280 g/mol. The number of para-hydroxylation sites is 1. The predicted molar refractivity (Wildman–Crippen MR) is 88.5 cm³/mol. The number of hydrogen-bond donors (Lipinski definition) is 1. The Bertz CT molecular complexity index is 664. The molecule has 4 unspecified atom stereocenters. The number of aryl methyl sites for hydroxylation is 1. The van der Waals surface area contributed by atoms with Gasteiger partial charge in [0.05, 0.1) is 5.52 Å². The molecule has 2 bridgehead atoms. The number of rotatable bonds is 3. The van der Waals surface area contributed by atoms with E-state index in [0.29, 0.717) is 6.04 Å². The summed E-state index contributed by atoms with van der Waals surface area (Å²) in [6, 6.07) is 11.2. The molecule has 2 aromatic rings. The molecule has 1 aromatic carbocycles. The van der Waals surface area contributed by atoms with Gasteiger partial charge in [0.2, 0.25) is 0 Å². The number of anilines is 1. The second kappa shape index (κ2) is 5.01. The van der Waals surface area contributed by atoms with Crippen LogP contribution in [0.4, 0.5) is 5.82 Å². The summed E-state index contributed by atoms with van der Waals surface area (Å²) in [5.41, 5.74) is 2.34. The maximum absolute atomic E-state index is 4.84. The second-order valence-corrected chi connectivity index (χ2v) is 7.12. The van der Waals surface area contributed by atoms with Gasteiger partial charge in [0.25, 0.3) is 0 Å². The minimum absolute atomic E-state index is 0.535. The fourth-order valence-corrected chi connectivity index (χ4v) is 4.60. The predicted octanol–water partition coefficient (Wildman–Crippen LogP) is 4.78. The van der Waals surface area contributed by atoms with E-state index in [4.69, 9.17) is 4.98 Å². The average Bonchev–Trinajstić information content (AvgIpc) is 3.10. The molecular weight excluding hydrogens is 256 g/mol. The third-order valence-electron chi connectivity index (χ3n) is 5.71. The van der Waals surface area contributed by atoms with E-state index in [1.54, 1.807) is 0 Å². The van der Waals surface area contributed by atoms with Crippen molar-refractivity contribution in [2.24, 2.45) is 17.8 Å². The van der Waals surface area contributed by atoms with Gasteiger partial charge >= 0.3 is 0 Å². The summed E-state index contributed by atoms with van der Waals surface area (Å²) in [4.78, 5) is 4.84. The molecule has 2 heteroatoms. The highest BCUT2D eigenvalue weighted by Gasteiger charge is 2.41. The Morgan fingerprint density at radius 3 is 2.81 bits per heavy atom. The summed E-state index contributed by atoms with van der Waals surface area (Å²) >= 11 is 0. The summed E-state index contributed by atoms with van der Waals surface area (Å²) < 4.78 is 0. The lowest BCUT2D eigenvalue weighted by Gasteiger charge is -2.29. The van der Waals surface area contributed by atoms with Crippen molar-refractivity contribution in [3.63, 3.8) is 0 Å². The van der Waals surface area contributed by atoms with E-state index in [0.717, 1.165) is 29.1 Å². The number of nitrogens with one attached hydrogen (secondary N) is 1. The lowest BCUT2D eigenvalue weighted by Crippen LogP contribution is -2.30. The number of pyridine rings is 1. The van der Waals surface area contributed by atoms with E-state index in [1.807, 2.05) is 0 Å². The highest BCUT2D eigenvalue weighted by atomic mass is 15.0. The summed E-state index contributed by atoms with van der Waals surface area (Å²) in [5, 5.41) is 4.95. The van der Waals surface area contributed by atoms with Gasteiger partial charge in [0.15, 0.2) is 0 Å². The van der Waals surface area contributed by atoms with Crippen LogP contribution in [0.1, 0.15) is 38.2 Å². The van der Waals surface area contributed by atoms with Crippen molar-refractivity contribution in [1.82, 2.24) is 4.98 Å². The van der Waals surface area contributed by atoms with Crippen LogP contribution in [-0.2, 0) is 0 Å². The molecule has 0 radical (unpaired) electrons. The zero-order chi connectivity index (χ0) is 14.4. The van der Waals surface area contributed by atoms with E-state index in [1.165, 1.54) is 36.6 Å². The van der Waals surface area contributed by atoms with Crippen molar-refractivity contribution >= 4 is 16.7 Å². The topological polar surface area (TPSA) is 24.9 Å². The molecule has 21 heavy (non-hydrogen) atoms. The van der Waals surface area contributed by atoms with Gasteiger partial charge in [-0.25, -0.2) is 4.98 Å². The van der Waals surface area contributed by atoms with E-state index >= 15 is 0 Å². The fourth-order valence-electron chi connectivity index (χ4n) is 4.60. The largest absolute Gasteiger partial charge is 0.367 e. The zero-order valence-corrected chi connectivity index (χ0v) is 13.0. The lowest BCUT2D eigenvalue weighted by molar-refractivity contribution is 0.304. The Morgan fingerprint density at radius 1 is 1.19 bits per heavy atom. The molecule has 2 saturated carbocycles. The summed E-state index contributed by atoms with van der Waals surface area (Å²) in [6.07, 6.45) is 5.82. The zero-order valence-electron chi connectivity index (χ0n) is 13.0. The van der Waals surface area contributed by atoms with Crippen LogP contribution in [-0.4, -0.2) is 11.0 Å². The van der Waals surface area contributed by atoms with Crippen LogP contribution >= 0.6 is 0 Å². The van der Waals surface area contributed by atoms with Crippen molar-refractivity contribution in [1.29, 1.82) is 0 Å². The molecule has 1 heterocycles. The molecule has 0 aliphatic heterocycles. The van der Waals surface area contributed by atoms with Crippen LogP contribution in [0.2, 0.25) is 0 Å². The third-order valence-corrected chi connectivity index (χ3v) is 5.71. The maximum Gasteiger partial charge on any atom is 0.129 e. The van der Waals surface area contributed by atoms with Crippen LogP contribution in [0.25, 0.3) is 10.9 Å². The molecule has 1 N–H and O–H groups in total. The molecule has 1 aromatic heterocycles. The molecule has 4 atom stereocenters. The van der Waals surface area contributed by atoms with E-state index in [-0.39, 0.29) is 0 Å². The normalized spacial score (nSPS) is 29.0. The van der Waals surface area contributed by atoms with E-state index < -0.39 is 0 Å². The van der Waals surface area contributed by atoms with Crippen molar-refractivity contribution < 1.29 is 0 Å². The van der Waals surface area contributed by atoms with Gasteiger partial charge in [-0.2, -0.15) is 0 Å². The minimum atomic E-state index is 0.535. The number of nitrogens with zero attached hydrogens (tertiary/aromatic N) is 1. The van der Waals surface area contributed by atoms with Crippen LogP contribution in [0.15, 0.2) is 30.3 Å². The highest BCUT2D eigenvalue weighted by molar-refractivity contribution is 5.81. The number of hydrogen-bond acceptors (Lipinski definition) is 2. The summed E-state index contributed by atoms with van der Waals surface area (Å²) in [7, 11) is 0. The van der Waals surface area contributed by atoms with Gasteiger partial charge in [-0.3, -0.25) is 0 Å². The third kappa shape index (κ3) is 2.31. The minimum Gasteiger partial charge on any atom is -0.367 e. The van der Waals surface area contributed by atoms with Crippen molar-refractivity contribution in [2.45, 2.75) is 45.6 Å². The molecule has 110 valence electrons. The molecule has 2 nitrogen and oxygen atoms in total. The molecular formula is C19H24N2. The van der Waals surface area contributed by atoms with Gasteiger partial charge in [-0.1, -0.05) is 24.6 Å². The molecule has 2 aliphatic carbocycles. The first-order chi connectivity index (χ1) is 10.2. The number of benzene rings is 1. The SMILES string of the molecule is Cc1cc2ccccc2nc1NC(C)C1CC2CCC1C2. The Labute approximate surface area is 127 Å². The standard InChI is InChI=1S/C19H24N2/c1-12-9-16-5-3-4-6-18(16)21-19(12)20-13(2)17-11-14-7-8-15(17)10-14/h3-6,9,13-15,17H,7-8,10-11H2,1-2H3,(H,20,21). The lowest BCUT2D eigenvalue weighted by atomic mass is 9.84. The first kappa shape index (κ1) is 13.1. The molecule has 0 saturated heterocycles. The van der Waals surface area contributed by atoms with Crippen LogP contribution in [0.5, 0.6) is 0 Å². The van der Waals surface area contributed by atoms with Gasteiger partial charge < -0.3 is 5.32 Å². The smallest absolute Gasteiger partial charge is 0.129 e. The van der Waals surface area contributed by atoms with Crippen LogP contribution < -0.4 is 5.32 Å². The highest BCUT2D eigenvalue weighted by Crippen LogP contribution is 2.49. The molecule has 2 aliphatic rings. The van der Waals surface area contributed by atoms with E-state index in [2.05, 4.69) is 49.5 Å². The van der Waals surface area contributed by atoms with Crippen LogP contribution in [0, 0.1) is 24.7 Å². The average molecular weight is 280 g/mol. The maximum atomic E-state index is 4.84. The first-order valence-electron chi connectivity index (χ1n) is 8.33. The Kier molecular flexibility index (Phi) is 3.13. The summed E-state index contributed by atoms with van der Waals surface area (Å²) in [5.74, 6) is 3.88. The molecule has 4 rings (SSSR count). The van der Waals surface area contributed by atoms with Gasteiger partial charge in [0, 0.05) is 11.4 Å². The molecule has 2 fully saturated rings. The van der Waals surface area contributed by atoms with Crippen LogP contribution in [0.3, 0.4) is 0 Å². The first-order valence-corrected chi connectivity index (χ1v) is 8.33. The Morgan fingerprint density at radius 2 is 2.05 bits per heavy atom. The quantitative estimate of drug-likeness (QED) is 0.875. The van der Waals surface area contributed by atoms with Crippen molar-refractivity contribution in [3.8, 4) is 0 Å².